The Morgan fingerprint density at radius 1 is 1.47 bits per heavy atom. The van der Waals surface area contributed by atoms with Gasteiger partial charge in [-0.1, -0.05) is 25.2 Å². The van der Waals surface area contributed by atoms with Gasteiger partial charge in [0.05, 0.1) is 5.69 Å². The van der Waals surface area contributed by atoms with E-state index in [0.29, 0.717) is 10.8 Å². The molecule has 4 N–H and O–H groups in total. The summed E-state index contributed by atoms with van der Waals surface area (Å²) in [7, 11) is -3.69. The van der Waals surface area contributed by atoms with Gasteiger partial charge in [-0.25, -0.2) is 18.5 Å². The average Bonchev–Trinajstić information content (AvgIpc) is 2.64. The molecule has 1 atom stereocenters. The van der Waals surface area contributed by atoms with E-state index in [2.05, 4.69) is 23.7 Å². The monoisotopic (exact) mass is 304 g/mol. The minimum absolute atomic E-state index is 0.0143. The van der Waals surface area contributed by atoms with Crippen molar-refractivity contribution >= 4 is 26.5 Å². The molecule has 108 valence electrons. The predicted molar refractivity (Wildman–Crippen MR) is 76.8 cm³/mol. The number of rotatable bonds is 2. The van der Waals surface area contributed by atoms with Crippen LogP contribution in [0.4, 0.5) is 5.13 Å². The lowest BCUT2D eigenvalue weighted by Gasteiger charge is -2.42. The van der Waals surface area contributed by atoms with Gasteiger partial charge in [-0.3, -0.25) is 0 Å². The van der Waals surface area contributed by atoms with Crippen molar-refractivity contribution in [2.75, 3.05) is 18.0 Å². The quantitative estimate of drug-likeness (QED) is 0.835. The maximum absolute atomic E-state index is 11.4. The van der Waals surface area contributed by atoms with E-state index in [0.717, 1.165) is 30.8 Å². The summed E-state index contributed by atoms with van der Waals surface area (Å²) in [5.41, 5.74) is 6.55. The molecule has 1 unspecified atom stereocenters. The third-order valence-corrected chi connectivity index (χ3v) is 6.36. The molecule has 1 aromatic heterocycles. The van der Waals surface area contributed by atoms with Crippen LogP contribution in [-0.4, -0.2) is 32.5 Å². The molecule has 1 fully saturated rings. The fourth-order valence-corrected chi connectivity index (χ4v) is 4.28. The number of aryl methyl sites for hydroxylation is 1. The molecule has 0 bridgehead atoms. The van der Waals surface area contributed by atoms with E-state index in [1.54, 1.807) is 6.92 Å². The molecule has 0 amide bonds. The molecular weight excluding hydrogens is 284 g/mol. The van der Waals surface area contributed by atoms with Crippen LogP contribution in [0.1, 0.15) is 26.0 Å². The van der Waals surface area contributed by atoms with E-state index in [1.165, 1.54) is 0 Å². The van der Waals surface area contributed by atoms with Crippen molar-refractivity contribution in [3.63, 3.8) is 0 Å². The Hall–Kier alpha value is -0.700. The average molecular weight is 304 g/mol. The van der Waals surface area contributed by atoms with Gasteiger partial charge in [0.25, 0.3) is 0 Å². The van der Waals surface area contributed by atoms with Crippen molar-refractivity contribution in [2.45, 2.75) is 37.4 Å². The maximum atomic E-state index is 11.4. The summed E-state index contributed by atoms with van der Waals surface area (Å²) in [6.45, 7) is 7.46. The van der Waals surface area contributed by atoms with Gasteiger partial charge >= 0.3 is 0 Å². The number of anilines is 1. The molecule has 1 aromatic rings. The van der Waals surface area contributed by atoms with Gasteiger partial charge in [-0.15, -0.1) is 0 Å². The summed E-state index contributed by atoms with van der Waals surface area (Å²) >= 11 is 1.14. The molecular formula is C11H20N4O2S2. The molecule has 0 spiro atoms. The highest BCUT2D eigenvalue weighted by Crippen LogP contribution is 2.35. The molecule has 19 heavy (non-hydrogen) atoms. The highest BCUT2D eigenvalue weighted by atomic mass is 32.2. The van der Waals surface area contributed by atoms with E-state index in [9.17, 15) is 8.42 Å². The fourth-order valence-electron chi connectivity index (χ4n) is 2.31. The standard InChI is InChI=1S/C11H20N4O2S2/c1-7-9(19(13,16)17)18-10(14-7)15-5-4-8(12)11(2,3)6-15/h8H,4-6,12H2,1-3H3,(H2,13,16,17). The highest BCUT2D eigenvalue weighted by Gasteiger charge is 2.35. The first-order valence-corrected chi connectivity index (χ1v) is 8.48. The van der Waals surface area contributed by atoms with Crippen LogP contribution in [0.25, 0.3) is 0 Å². The van der Waals surface area contributed by atoms with Crippen molar-refractivity contribution in [3.05, 3.63) is 5.69 Å². The Balaban J connectivity index is 2.29. The van der Waals surface area contributed by atoms with Crippen molar-refractivity contribution in [1.82, 2.24) is 4.98 Å². The van der Waals surface area contributed by atoms with E-state index in [1.807, 2.05) is 0 Å². The Labute approximate surface area is 117 Å². The normalized spacial score (nSPS) is 23.6. The van der Waals surface area contributed by atoms with Crippen LogP contribution in [0.3, 0.4) is 0 Å². The highest BCUT2D eigenvalue weighted by molar-refractivity contribution is 7.91. The van der Waals surface area contributed by atoms with Crippen LogP contribution in [0, 0.1) is 12.3 Å². The predicted octanol–water partition coefficient (Wildman–Crippen LogP) is 0.663. The van der Waals surface area contributed by atoms with E-state index >= 15 is 0 Å². The first kappa shape index (κ1) is 14.7. The second-order valence-corrected chi connectivity index (χ2v) is 8.45. The zero-order valence-electron chi connectivity index (χ0n) is 11.4. The Morgan fingerprint density at radius 3 is 2.58 bits per heavy atom. The van der Waals surface area contributed by atoms with Crippen LogP contribution in [0.2, 0.25) is 0 Å². The molecule has 6 nitrogen and oxygen atoms in total. The van der Waals surface area contributed by atoms with Gasteiger partial charge in [0.1, 0.15) is 0 Å². The molecule has 2 heterocycles. The second-order valence-electron chi connectivity index (χ2n) is 5.72. The number of hydrogen-bond acceptors (Lipinski definition) is 6. The largest absolute Gasteiger partial charge is 0.347 e. The van der Waals surface area contributed by atoms with Gasteiger partial charge in [-0.05, 0) is 18.8 Å². The third kappa shape index (κ3) is 2.91. The lowest BCUT2D eigenvalue weighted by atomic mass is 9.80. The molecule has 2 rings (SSSR count). The lowest BCUT2D eigenvalue weighted by molar-refractivity contribution is 0.245. The molecule has 1 aliphatic rings. The van der Waals surface area contributed by atoms with Gasteiger partial charge < -0.3 is 10.6 Å². The molecule has 0 radical (unpaired) electrons. The minimum Gasteiger partial charge on any atom is -0.347 e. The molecule has 1 aliphatic heterocycles. The summed E-state index contributed by atoms with van der Waals surface area (Å²) in [6, 6.07) is 0.155. The summed E-state index contributed by atoms with van der Waals surface area (Å²) < 4.78 is 23.0. The fraction of sp³-hybridized carbons (Fsp3) is 0.727. The van der Waals surface area contributed by atoms with Crippen molar-refractivity contribution < 1.29 is 8.42 Å². The number of thiazole rings is 1. The van der Waals surface area contributed by atoms with Gasteiger partial charge in [0.15, 0.2) is 9.34 Å². The second kappa shape index (κ2) is 4.69. The third-order valence-electron chi connectivity index (χ3n) is 3.58. The summed E-state index contributed by atoms with van der Waals surface area (Å²) in [5.74, 6) is 0. The van der Waals surface area contributed by atoms with Crippen molar-refractivity contribution in [3.8, 4) is 0 Å². The number of primary sulfonamides is 1. The zero-order chi connectivity index (χ0) is 14.4. The molecule has 0 aliphatic carbocycles. The Kier molecular flexibility index (Phi) is 3.63. The minimum atomic E-state index is -3.69. The van der Waals surface area contributed by atoms with Gasteiger partial charge in [0, 0.05) is 19.1 Å². The van der Waals surface area contributed by atoms with E-state index < -0.39 is 10.0 Å². The molecule has 0 aromatic carbocycles. The number of hydrogen-bond donors (Lipinski definition) is 2. The van der Waals surface area contributed by atoms with Crippen LogP contribution in [-0.2, 0) is 10.0 Å². The van der Waals surface area contributed by atoms with Gasteiger partial charge in [0.2, 0.25) is 10.0 Å². The summed E-state index contributed by atoms with van der Waals surface area (Å²) in [5, 5.41) is 5.89. The first-order chi connectivity index (χ1) is 8.61. The van der Waals surface area contributed by atoms with Crippen molar-refractivity contribution in [2.24, 2.45) is 16.3 Å². The zero-order valence-corrected chi connectivity index (χ0v) is 13.0. The van der Waals surface area contributed by atoms with Crippen molar-refractivity contribution in [1.29, 1.82) is 0 Å². The van der Waals surface area contributed by atoms with Crippen LogP contribution in [0.15, 0.2) is 4.21 Å². The number of nitrogens with two attached hydrogens (primary N) is 2. The number of sulfonamides is 1. The summed E-state index contributed by atoms with van der Waals surface area (Å²) in [4.78, 5) is 6.43. The molecule has 0 saturated carbocycles. The van der Waals surface area contributed by atoms with Crippen LogP contribution < -0.4 is 15.8 Å². The first-order valence-electron chi connectivity index (χ1n) is 6.12. The smallest absolute Gasteiger partial charge is 0.249 e. The SMILES string of the molecule is Cc1nc(N2CCC(N)C(C)(C)C2)sc1S(N)(=O)=O. The van der Waals surface area contributed by atoms with Crippen LogP contribution in [0.5, 0.6) is 0 Å². The number of piperidine rings is 1. The van der Waals surface area contributed by atoms with E-state index in [4.69, 9.17) is 10.9 Å². The van der Waals surface area contributed by atoms with E-state index in [-0.39, 0.29) is 15.7 Å². The maximum Gasteiger partial charge on any atom is 0.249 e. The molecule has 1 saturated heterocycles. The summed E-state index contributed by atoms with van der Waals surface area (Å²) in [6.07, 6.45) is 0.871. The Morgan fingerprint density at radius 2 is 2.11 bits per heavy atom. The van der Waals surface area contributed by atoms with Crippen LogP contribution >= 0.6 is 11.3 Å². The Bertz CT molecular complexity index is 580. The number of nitrogens with zero attached hydrogens (tertiary/aromatic N) is 2. The van der Waals surface area contributed by atoms with Gasteiger partial charge in [-0.2, -0.15) is 0 Å². The number of aromatic nitrogens is 1. The topological polar surface area (TPSA) is 102 Å². The molecule has 8 heteroatoms. The lowest BCUT2D eigenvalue weighted by Crippen LogP contribution is -2.52.